The maximum Gasteiger partial charge on any atom is 0.409 e. The van der Waals surface area contributed by atoms with Crippen molar-refractivity contribution in [2.75, 3.05) is 39.4 Å². The molecule has 2 aliphatic rings. The van der Waals surface area contributed by atoms with Crippen molar-refractivity contribution in [3.8, 4) is 17.3 Å². The number of benzene rings is 1. The van der Waals surface area contributed by atoms with Gasteiger partial charge in [0.05, 0.1) is 18.8 Å². The van der Waals surface area contributed by atoms with Gasteiger partial charge in [-0.25, -0.2) is 14.6 Å². The van der Waals surface area contributed by atoms with Crippen molar-refractivity contribution in [2.45, 2.75) is 91.7 Å². The van der Waals surface area contributed by atoms with E-state index in [0.717, 1.165) is 38.5 Å². The Morgan fingerprint density at radius 3 is 2.32 bits per heavy atom. The Kier molecular flexibility index (Phi) is 12.6. The van der Waals surface area contributed by atoms with E-state index in [9.17, 15) is 19.2 Å². The van der Waals surface area contributed by atoms with E-state index in [1.807, 2.05) is 34.6 Å². The molecule has 1 saturated heterocycles. The molecule has 1 atom stereocenters. The number of aromatic nitrogens is 2. The molecule has 2 heterocycles. The maximum atomic E-state index is 13.6. The van der Waals surface area contributed by atoms with E-state index in [1.165, 1.54) is 6.07 Å². The molecule has 2 aromatic rings. The average molecular weight is 652 g/mol. The van der Waals surface area contributed by atoms with Crippen LogP contribution in [0.3, 0.4) is 0 Å². The third-order valence-corrected chi connectivity index (χ3v) is 8.10. The van der Waals surface area contributed by atoms with Crippen LogP contribution in [0.5, 0.6) is 5.88 Å². The highest BCUT2D eigenvalue weighted by Crippen LogP contribution is 2.26. The summed E-state index contributed by atoms with van der Waals surface area (Å²) < 4.78 is 17.0. The van der Waals surface area contributed by atoms with Crippen molar-refractivity contribution in [1.82, 2.24) is 25.1 Å². The van der Waals surface area contributed by atoms with E-state index >= 15 is 0 Å². The molecular weight excluding hydrogens is 602 g/mol. The number of esters is 1. The zero-order chi connectivity index (χ0) is 34.0. The van der Waals surface area contributed by atoms with Crippen molar-refractivity contribution in [3.05, 3.63) is 41.6 Å². The molecule has 0 spiro atoms. The highest BCUT2D eigenvalue weighted by Gasteiger charge is 2.31. The fraction of sp³-hybridized carbons (Fsp3) is 0.600. The van der Waals surface area contributed by atoms with Gasteiger partial charge in [0.1, 0.15) is 17.8 Å². The number of unbranched alkanes of at least 4 members (excludes halogenated alkanes) is 1. The van der Waals surface area contributed by atoms with Crippen molar-refractivity contribution < 1.29 is 33.4 Å². The minimum absolute atomic E-state index is 0.0112. The van der Waals surface area contributed by atoms with Gasteiger partial charge in [-0.15, -0.1) is 0 Å². The van der Waals surface area contributed by atoms with Crippen LogP contribution in [-0.2, 0) is 14.3 Å². The molecule has 2 fully saturated rings. The van der Waals surface area contributed by atoms with Crippen LogP contribution in [0, 0.1) is 5.41 Å². The Morgan fingerprint density at radius 2 is 1.66 bits per heavy atom. The van der Waals surface area contributed by atoms with Crippen molar-refractivity contribution in [2.24, 2.45) is 5.41 Å². The summed E-state index contributed by atoms with van der Waals surface area (Å²) in [4.78, 5) is 64.6. The summed E-state index contributed by atoms with van der Waals surface area (Å²) >= 11 is 0. The van der Waals surface area contributed by atoms with Crippen LogP contribution < -0.4 is 10.1 Å². The first-order chi connectivity index (χ1) is 22.5. The van der Waals surface area contributed by atoms with Crippen molar-refractivity contribution >= 4 is 23.9 Å². The van der Waals surface area contributed by atoms with Gasteiger partial charge in [0.15, 0.2) is 5.82 Å². The first-order valence-corrected chi connectivity index (χ1v) is 16.8. The number of rotatable bonds is 12. The van der Waals surface area contributed by atoms with E-state index in [0.29, 0.717) is 56.9 Å². The topological polar surface area (TPSA) is 140 Å². The first kappa shape index (κ1) is 35.6. The highest BCUT2D eigenvalue weighted by atomic mass is 16.6. The Labute approximate surface area is 277 Å². The molecule has 47 heavy (non-hydrogen) atoms. The molecule has 4 rings (SSSR count). The molecule has 12 nitrogen and oxygen atoms in total. The lowest BCUT2D eigenvalue weighted by atomic mass is 9.99. The van der Waals surface area contributed by atoms with Gasteiger partial charge >= 0.3 is 12.1 Å². The van der Waals surface area contributed by atoms with Gasteiger partial charge < -0.3 is 29.3 Å². The molecule has 1 aliphatic carbocycles. The number of amides is 3. The summed E-state index contributed by atoms with van der Waals surface area (Å²) in [5.74, 6) is -0.720. The number of nitrogens with zero attached hydrogens (tertiary/aromatic N) is 4. The van der Waals surface area contributed by atoms with Gasteiger partial charge in [0.2, 0.25) is 11.8 Å². The first-order valence-electron chi connectivity index (χ1n) is 16.8. The lowest BCUT2D eigenvalue weighted by Crippen LogP contribution is -2.56. The van der Waals surface area contributed by atoms with E-state index in [2.05, 4.69) is 15.3 Å². The summed E-state index contributed by atoms with van der Waals surface area (Å²) in [7, 11) is 0. The van der Waals surface area contributed by atoms with E-state index in [1.54, 1.807) is 34.1 Å². The van der Waals surface area contributed by atoms with Crippen LogP contribution in [-0.4, -0.2) is 95.2 Å². The Morgan fingerprint density at radius 1 is 0.957 bits per heavy atom. The summed E-state index contributed by atoms with van der Waals surface area (Å²) in [5.41, 5.74) is 0.800. The number of carbonyl (C=O) groups is 4. The van der Waals surface area contributed by atoms with Gasteiger partial charge in [0, 0.05) is 37.8 Å². The molecule has 0 bridgehead atoms. The van der Waals surface area contributed by atoms with Crippen molar-refractivity contribution in [1.29, 1.82) is 0 Å². The van der Waals surface area contributed by atoms with Crippen LogP contribution in [0.1, 0.15) is 100 Å². The van der Waals surface area contributed by atoms with Crippen LogP contribution in [0.4, 0.5) is 4.79 Å². The second-order valence-electron chi connectivity index (χ2n) is 13.4. The lowest BCUT2D eigenvalue weighted by molar-refractivity contribution is -0.135. The number of hydrogen-bond acceptors (Lipinski definition) is 9. The third-order valence-electron chi connectivity index (χ3n) is 8.10. The molecule has 1 saturated carbocycles. The van der Waals surface area contributed by atoms with Crippen molar-refractivity contribution in [3.63, 3.8) is 0 Å². The fourth-order valence-corrected chi connectivity index (χ4v) is 5.36. The Balaban J connectivity index is 1.47. The predicted molar refractivity (Wildman–Crippen MR) is 176 cm³/mol. The molecule has 1 aromatic heterocycles. The maximum absolute atomic E-state index is 13.6. The van der Waals surface area contributed by atoms with E-state index in [4.69, 9.17) is 14.2 Å². The molecule has 1 aliphatic heterocycles. The fourth-order valence-electron chi connectivity index (χ4n) is 5.36. The summed E-state index contributed by atoms with van der Waals surface area (Å²) in [6, 6.07) is 7.49. The molecule has 1 aromatic carbocycles. The van der Waals surface area contributed by atoms with Gasteiger partial charge in [-0.3, -0.25) is 9.59 Å². The van der Waals surface area contributed by atoms with Crippen LogP contribution in [0.2, 0.25) is 0 Å². The summed E-state index contributed by atoms with van der Waals surface area (Å²) in [5, 5.41) is 2.85. The predicted octanol–water partition coefficient (Wildman–Crippen LogP) is 5.26. The summed E-state index contributed by atoms with van der Waals surface area (Å²) in [6.07, 6.45) is 5.57. The monoisotopic (exact) mass is 651 g/mol. The quantitative estimate of drug-likeness (QED) is 0.240. The largest absolute Gasteiger partial charge is 0.474 e. The van der Waals surface area contributed by atoms with E-state index < -0.39 is 17.9 Å². The second kappa shape index (κ2) is 16.6. The Hall–Kier alpha value is -4.22. The third kappa shape index (κ3) is 10.4. The lowest BCUT2D eigenvalue weighted by Gasteiger charge is -2.36. The molecule has 1 unspecified atom stereocenters. The molecular formula is C35H49N5O7. The molecule has 1 N–H and O–H groups in total. The Bertz CT molecular complexity index is 1390. The standard InChI is InChI=1S/C35H49N5O7/c1-6-8-20-45-33(43)25-13-11-12-24(21-25)30-36-28(22-29(38-30)47-26-14-9-10-15-26)31(41)37-27(7-2)32(42)39-16-18-40(19-17-39)34(44)46-23-35(3,4)5/h11-13,21-22,26-27H,6-10,14-20,23H2,1-5H3,(H,37,41). The summed E-state index contributed by atoms with van der Waals surface area (Å²) in [6.45, 7) is 11.8. The average Bonchev–Trinajstić information content (AvgIpc) is 3.58. The minimum Gasteiger partial charge on any atom is -0.474 e. The molecule has 0 radical (unpaired) electrons. The molecule has 12 heteroatoms. The number of nitrogens with one attached hydrogen (secondary N) is 1. The number of ether oxygens (including phenoxy) is 3. The zero-order valence-electron chi connectivity index (χ0n) is 28.4. The highest BCUT2D eigenvalue weighted by molar-refractivity contribution is 5.97. The zero-order valence-corrected chi connectivity index (χ0v) is 28.4. The van der Waals surface area contributed by atoms with Crippen LogP contribution in [0.25, 0.3) is 11.4 Å². The number of piperazine rings is 1. The van der Waals surface area contributed by atoms with Crippen LogP contribution >= 0.6 is 0 Å². The van der Waals surface area contributed by atoms with Gasteiger partial charge in [-0.2, -0.15) is 4.98 Å². The minimum atomic E-state index is -0.791. The SMILES string of the molecule is CCCCOC(=O)c1cccc(-c2nc(OC3CCCC3)cc(C(=O)NC(CC)C(=O)N3CCN(C(=O)OCC(C)(C)C)CC3)n2)c1. The van der Waals surface area contributed by atoms with E-state index in [-0.39, 0.29) is 40.9 Å². The van der Waals surface area contributed by atoms with Gasteiger partial charge in [-0.1, -0.05) is 53.2 Å². The second-order valence-corrected chi connectivity index (χ2v) is 13.4. The smallest absolute Gasteiger partial charge is 0.409 e. The molecule has 3 amide bonds. The van der Waals surface area contributed by atoms with Crippen LogP contribution in [0.15, 0.2) is 30.3 Å². The number of hydrogen-bond donors (Lipinski definition) is 1. The molecule has 256 valence electrons. The van der Waals surface area contributed by atoms with Gasteiger partial charge in [-0.05, 0) is 56.1 Å². The normalized spacial score (nSPS) is 16.0. The number of carbonyl (C=O) groups excluding carboxylic acids is 4. The van der Waals surface area contributed by atoms with Gasteiger partial charge in [0.25, 0.3) is 5.91 Å².